The van der Waals surface area contributed by atoms with Crippen LogP contribution in [0.25, 0.3) is 11.0 Å². The van der Waals surface area contributed by atoms with E-state index in [0.717, 1.165) is 18.4 Å². The minimum Gasteiger partial charge on any atom is -0.490 e. The van der Waals surface area contributed by atoms with Gasteiger partial charge < -0.3 is 23.5 Å². The molecule has 2 aromatic carbocycles. The van der Waals surface area contributed by atoms with E-state index in [0.29, 0.717) is 59.4 Å². The van der Waals surface area contributed by atoms with Crippen LogP contribution in [0.1, 0.15) is 47.5 Å². The van der Waals surface area contributed by atoms with Gasteiger partial charge in [0.25, 0.3) is 5.91 Å². The molecule has 2 atom stereocenters. The number of amides is 1. The highest BCUT2D eigenvalue weighted by Gasteiger charge is 2.44. The minimum absolute atomic E-state index is 0.0535. The third-order valence-electron chi connectivity index (χ3n) is 6.29. The Bertz CT molecular complexity index is 1340. The van der Waals surface area contributed by atoms with Crippen LogP contribution in [0.4, 0.5) is 0 Å². The van der Waals surface area contributed by atoms with Gasteiger partial charge in [-0.05, 0) is 55.7 Å². The van der Waals surface area contributed by atoms with Crippen molar-refractivity contribution in [2.24, 2.45) is 0 Å². The van der Waals surface area contributed by atoms with Crippen LogP contribution in [0.15, 0.2) is 58.3 Å². The Hall–Kier alpha value is -3.29. The van der Waals surface area contributed by atoms with E-state index in [1.165, 1.54) is 0 Å². The van der Waals surface area contributed by atoms with E-state index < -0.39 is 6.04 Å². The number of hydrogen-bond acceptors (Lipinski definition) is 6. The van der Waals surface area contributed by atoms with E-state index in [2.05, 4.69) is 6.58 Å². The summed E-state index contributed by atoms with van der Waals surface area (Å²) < 4.78 is 23.4. The third-order valence-corrected chi connectivity index (χ3v) is 6.53. The number of ether oxygens (including phenoxy) is 3. The van der Waals surface area contributed by atoms with Crippen molar-refractivity contribution in [1.29, 1.82) is 0 Å². The van der Waals surface area contributed by atoms with Gasteiger partial charge in [0, 0.05) is 18.2 Å². The van der Waals surface area contributed by atoms with Crippen molar-refractivity contribution in [2.75, 3.05) is 26.4 Å². The van der Waals surface area contributed by atoms with Gasteiger partial charge in [-0.25, -0.2) is 0 Å². The lowest BCUT2D eigenvalue weighted by atomic mass is 9.97. The summed E-state index contributed by atoms with van der Waals surface area (Å²) >= 11 is 6.17. The molecule has 0 saturated carbocycles. The average molecular weight is 496 g/mol. The summed E-state index contributed by atoms with van der Waals surface area (Å²) in [6, 6.07) is 9.62. The highest BCUT2D eigenvalue weighted by Crippen LogP contribution is 2.41. The molecule has 182 valence electrons. The standard InChI is InChI=1S/C27H26ClNO6/c1-3-11-34-21-9-7-16(13-22(21)32-4-2)24-23-25(30)19-14-17(28)8-10-20(19)35-26(23)27(31)29(24)15-18-6-5-12-33-18/h3,7-10,13-14,18,24H,1,4-6,11-12,15H2,2H3. The van der Waals surface area contributed by atoms with Crippen LogP contribution in [-0.2, 0) is 4.74 Å². The van der Waals surface area contributed by atoms with Crippen LogP contribution in [0, 0.1) is 0 Å². The number of benzene rings is 2. The highest BCUT2D eigenvalue weighted by atomic mass is 35.5. The van der Waals surface area contributed by atoms with Crippen molar-refractivity contribution in [1.82, 2.24) is 4.90 Å². The fraction of sp³-hybridized carbons (Fsp3) is 0.333. The quantitative estimate of drug-likeness (QED) is 0.403. The molecule has 5 rings (SSSR count). The van der Waals surface area contributed by atoms with Crippen LogP contribution in [0.2, 0.25) is 5.02 Å². The van der Waals surface area contributed by atoms with Gasteiger partial charge in [-0.1, -0.05) is 30.3 Å². The fourth-order valence-electron chi connectivity index (χ4n) is 4.77. The predicted molar refractivity (Wildman–Crippen MR) is 133 cm³/mol. The van der Waals surface area contributed by atoms with Gasteiger partial charge in [0.1, 0.15) is 12.2 Å². The molecule has 7 nitrogen and oxygen atoms in total. The molecular weight excluding hydrogens is 470 g/mol. The smallest absolute Gasteiger partial charge is 0.291 e. The number of carbonyl (C=O) groups excluding carboxylic acids is 1. The maximum atomic E-state index is 13.7. The van der Waals surface area contributed by atoms with Crippen molar-refractivity contribution in [3.63, 3.8) is 0 Å². The van der Waals surface area contributed by atoms with Gasteiger partial charge in [-0.15, -0.1) is 0 Å². The summed E-state index contributed by atoms with van der Waals surface area (Å²) in [5.41, 5.74) is 1.07. The zero-order chi connectivity index (χ0) is 24.5. The van der Waals surface area contributed by atoms with Gasteiger partial charge in [-0.3, -0.25) is 9.59 Å². The lowest BCUT2D eigenvalue weighted by Crippen LogP contribution is -2.36. The molecule has 1 amide bonds. The van der Waals surface area contributed by atoms with E-state index in [9.17, 15) is 9.59 Å². The maximum Gasteiger partial charge on any atom is 0.291 e. The first-order chi connectivity index (χ1) is 17.0. The molecule has 0 radical (unpaired) electrons. The van der Waals surface area contributed by atoms with Crippen molar-refractivity contribution >= 4 is 28.5 Å². The molecule has 35 heavy (non-hydrogen) atoms. The van der Waals surface area contributed by atoms with Gasteiger partial charge in [-0.2, -0.15) is 0 Å². The summed E-state index contributed by atoms with van der Waals surface area (Å²) in [5.74, 6) is 0.804. The predicted octanol–water partition coefficient (Wildman–Crippen LogP) is 5.13. The SMILES string of the molecule is C=CCOc1ccc(C2c3c(oc4ccc(Cl)cc4c3=O)C(=O)N2CC2CCCO2)cc1OCC. The molecule has 3 heterocycles. The van der Waals surface area contributed by atoms with E-state index in [1.54, 1.807) is 35.2 Å². The number of hydrogen-bond donors (Lipinski definition) is 0. The number of nitrogens with zero attached hydrogens (tertiary/aromatic N) is 1. The van der Waals surface area contributed by atoms with E-state index >= 15 is 0 Å². The van der Waals surface area contributed by atoms with E-state index in [1.807, 2.05) is 19.1 Å². The zero-order valence-electron chi connectivity index (χ0n) is 19.4. The molecular formula is C27H26ClNO6. The molecule has 0 bridgehead atoms. The number of fused-ring (bicyclic) bond motifs is 2. The zero-order valence-corrected chi connectivity index (χ0v) is 20.2. The first-order valence-electron chi connectivity index (χ1n) is 11.7. The maximum absolute atomic E-state index is 13.7. The Morgan fingerprint density at radius 1 is 1.17 bits per heavy atom. The van der Waals surface area contributed by atoms with Crippen LogP contribution in [-0.4, -0.2) is 43.3 Å². The molecule has 0 N–H and O–H groups in total. The first-order valence-corrected chi connectivity index (χ1v) is 12.1. The molecule has 3 aromatic rings. The Morgan fingerprint density at radius 2 is 2.03 bits per heavy atom. The fourth-order valence-corrected chi connectivity index (χ4v) is 4.94. The van der Waals surface area contributed by atoms with Crippen molar-refractivity contribution < 1.29 is 23.4 Å². The van der Waals surface area contributed by atoms with Crippen LogP contribution in [0.5, 0.6) is 11.5 Å². The van der Waals surface area contributed by atoms with Gasteiger partial charge >= 0.3 is 0 Å². The average Bonchev–Trinajstić information content (AvgIpc) is 3.46. The second-order valence-electron chi connectivity index (χ2n) is 8.55. The molecule has 0 spiro atoms. The number of halogens is 1. The summed E-state index contributed by atoms with van der Waals surface area (Å²) in [6.07, 6.45) is 3.34. The monoisotopic (exact) mass is 495 g/mol. The largest absolute Gasteiger partial charge is 0.490 e. The Balaban J connectivity index is 1.67. The Morgan fingerprint density at radius 3 is 2.77 bits per heavy atom. The second kappa shape index (κ2) is 9.76. The molecule has 1 fully saturated rings. The molecule has 0 aliphatic carbocycles. The Labute approximate surface area is 207 Å². The number of carbonyl (C=O) groups is 1. The minimum atomic E-state index is -0.658. The van der Waals surface area contributed by atoms with Crippen molar-refractivity contribution in [3.8, 4) is 11.5 Å². The Kier molecular flexibility index (Phi) is 6.54. The molecule has 2 aliphatic heterocycles. The summed E-state index contributed by atoms with van der Waals surface area (Å²) in [5, 5.41) is 0.758. The van der Waals surface area contributed by atoms with Crippen LogP contribution < -0.4 is 14.9 Å². The first kappa shape index (κ1) is 23.5. The topological polar surface area (TPSA) is 78.2 Å². The van der Waals surface area contributed by atoms with Crippen LogP contribution in [0.3, 0.4) is 0 Å². The van der Waals surface area contributed by atoms with E-state index in [-0.39, 0.29) is 23.2 Å². The van der Waals surface area contributed by atoms with Crippen LogP contribution >= 0.6 is 11.6 Å². The summed E-state index contributed by atoms with van der Waals surface area (Å²) in [6.45, 7) is 7.34. The van der Waals surface area contributed by atoms with Gasteiger partial charge in [0.05, 0.1) is 29.7 Å². The third kappa shape index (κ3) is 4.30. The normalized spacial score (nSPS) is 19.3. The van der Waals surface area contributed by atoms with Gasteiger partial charge in [0.15, 0.2) is 16.9 Å². The molecule has 2 unspecified atom stereocenters. The summed E-state index contributed by atoms with van der Waals surface area (Å²) in [7, 11) is 0. The lowest BCUT2D eigenvalue weighted by Gasteiger charge is -2.28. The summed E-state index contributed by atoms with van der Waals surface area (Å²) in [4.78, 5) is 29.0. The molecule has 2 aliphatic rings. The molecule has 8 heteroatoms. The number of rotatable bonds is 8. The molecule has 1 aromatic heterocycles. The van der Waals surface area contributed by atoms with Crippen molar-refractivity contribution in [3.05, 3.63) is 81.2 Å². The lowest BCUT2D eigenvalue weighted by molar-refractivity contribution is 0.0486. The molecule has 1 saturated heterocycles. The second-order valence-corrected chi connectivity index (χ2v) is 8.98. The van der Waals surface area contributed by atoms with Gasteiger partial charge in [0.2, 0.25) is 5.76 Å². The van der Waals surface area contributed by atoms with Crippen molar-refractivity contribution in [2.45, 2.75) is 31.9 Å². The van der Waals surface area contributed by atoms with E-state index in [4.69, 9.17) is 30.2 Å². The highest BCUT2D eigenvalue weighted by molar-refractivity contribution is 6.31.